The first-order valence-corrected chi connectivity index (χ1v) is 5.95. The van der Waals surface area contributed by atoms with Gasteiger partial charge < -0.3 is 10.6 Å². The Morgan fingerprint density at radius 1 is 1.29 bits per heavy atom. The van der Waals surface area contributed by atoms with E-state index in [0.717, 1.165) is 11.3 Å². The third-order valence-corrected chi connectivity index (χ3v) is 3.05. The van der Waals surface area contributed by atoms with Crippen molar-refractivity contribution in [3.05, 3.63) is 29.3 Å². The summed E-state index contributed by atoms with van der Waals surface area (Å²) in [5.74, 6) is 0.114. The van der Waals surface area contributed by atoms with Gasteiger partial charge in [0.05, 0.1) is 6.04 Å². The van der Waals surface area contributed by atoms with Gasteiger partial charge in [-0.25, -0.2) is 0 Å². The van der Waals surface area contributed by atoms with Crippen molar-refractivity contribution < 1.29 is 4.79 Å². The zero-order chi connectivity index (χ0) is 13.2. The fourth-order valence-corrected chi connectivity index (χ4v) is 1.81. The van der Waals surface area contributed by atoms with Crippen molar-refractivity contribution in [3.63, 3.8) is 0 Å². The molecular weight excluding hydrogens is 212 g/mol. The molecule has 94 valence electrons. The van der Waals surface area contributed by atoms with Gasteiger partial charge in [0, 0.05) is 12.7 Å². The molecule has 0 saturated carbocycles. The van der Waals surface area contributed by atoms with Crippen LogP contribution in [0.5, 0.6) is 0 Å². The second kappa shape index (κ2) is 5.32. The molecule has 0 fully saturated rings. The largest absolute Gasteiger partial charge is 0.320 e. The first-order chi connectivity index (χ1) is 7.84. The number of anilines is 1. The van der Waals surface area contributed by atoms with E-state index in [1.807, 2.05) is 39.8 Å². The maximum Gasteiger partial charge on any atom is 0.243 e. The first kappa shape index (κ1) is 13.7. The number of carbonyl (C=O) groups excluding carboxylic acids is 1. The van der Waals surface area contributed by atoms with Crippen LogP contribution in [0.1, 0.15) is 25.0 Å². The summed E-state index contributed by atoms with van der Waals surface area (Å²) in [6.45, 7) is 7.96. The predicted octanol–water partition coefficient (Wildman–Crippen LogP) is 2.25. The SMILES string of the molecule is Cc1ccc(N(C)C(=O)[C@@H](N)C(C)C)c(C)c1. The lowest BCUT2D eigenvalue weighted by Gasteiger charge is -2.25. The van der Waals surface area contributed by atoms with Crippen molar-refractivity contribution >= 4 is 11.6 Å². The maximum atomic E-state index is 12.1. The van der Waals surface area contributed by atoms with Crippen molar-refractivity contribution in [1.82, 2.24) is 0 Å². The Labute approximate surface area is 104 Å². The number of hydrogen-bond acceptors (Lipinski definition) is 2. The minimum atomic E-state index is -0.444. The number of benzene rings is 1. The Kier molecular flexibility index (Phi) is 4.29. The Morgan fingerprint density at radius 2 is 1.88 bits per heavy atom. The normalized spacial score (nSPS) is 12.6. The third kappa shape index (κ3) is 3.07. The van der Waals surface area contributed by atoms with Gasteiger partial charge in [0.25, 0.3) is 0 Å². The van der Waals surface area contributed by atoms with Crippen molar-refractivity contribution in [3.8, 4) is 0 Å². The van der Waals surface area contributed by atoms with Crippen LogP contribution in [0.2, 0.25) is 0 Å². The van der Waals surface area contributed by atoms with E-state index < -0.39 is 6.04 Å². The summed E-state index contributed by atoms with van der Waals surface area (Å²) in [6.07, 6.45) is 0. The number of rotatable bonds is 3. The Morgan fingerprint density at radius 3 is 2.35 bits per heavy atom. The first-order valence-electron chi connectivity index (χ1n) is 5.95. The van der Waals surface area contributed by atoms with Crippen LogP contribution < -0.4 is 10.6 Å². The second-order valence-electron chi connectivity index (χ2n) is 4.96. The zero-order valence-electron chi connectivity index (χ0n) is 11.3. The standard InChI is InChI=1S/C14H22N2O/c1-9(2)13(15)14(17)16(5)12-7-6-10(3)8-11(12)4/h6-9,13H,15H2,1-5H3/t13-/m0/s1. The van der Waals surface area contributed by atoms with E-state index in [1.54, 1.807) is 11.9 Å². The highest BCUT2D eigenvalue weighted by molar-refractivity contribution is 5.97. The minimum Gasteiger partial charge on any atom is -0.320 e. The molecule has 3 nitrogen and oxygen atoms in total. The van der Waals surface area contributed by atoms with Crippen molar-refractivity contribution in [2.45, 2.75) is 33.7 Å². The van der Waals surface area contributed by atoms with Crippen LogP contribution in [0.25, 0.3) is 0 Å². The molecule has 0 aliphatic rings. The highest BCUT2D eigenvalue weighted by Gasteiger charge is 2.22. The molecule has 1 aromatic carbocycles. The number of likely N-dealkylation sites (N-methyl/N-ethyl adjacent to an activating group) is 1. The molecule has 0 spiro atoms. The topological polar surface area (TPSA) is 46.3 Å². The van der Waals surface area contributed by atoms with E-state index in [9.17, 15) is 4.79 Å². The Bertz CT molecular complexity index is 413. The monoisotopic (exact) mass is 234 g/mol. The molecule has 0 unspecified atom stereocenters. The number of nitrogens with zero attached hydrogens (tertiary/aromatic N) is 1. The summed E-state index contributed by atoms with van der Waals surface area (Å²) in [4.78, 5) is 13.8. The molecule has 0 aliphatic heterocycles. The smallest absolute Gasteiger partial charge is 0.243 e. The molecule has 1 atom stereocenters. The predicted molar refractivity (Wildman–Crippen MR) is 72.1 cm³/mol. The summed E-state index contributed by atoms with van der Waals surface area (Å²) in [6, 6.07) is 5.60. The summed E-state index contributed by atoms with van der Waals surface area (Å²) < 4.78 is 0. The molecule has 0 bridgehead atoms. The number of nitrogens with two attached hydrogens (primary N) is 1. The van der Waals surface area contributed by atoms with Gasteiger partial charge in [-0.3, -0.25) is 4.79 Å². The van der Waals surface area contributed by atoms with Gasteiger partial charge in [0.15, 0.2) is 0 Å². The Balaban J connectivity index is 2.96. The van der Waals surface area contributed by atoms with Gasteiger partial charge >= 0.3 is 0 Å². The fourth-order valence-electron chi connectivity index (χ4n) is 1.81. The molecule has 1 rings (SSSR count). The number of amides is 1. The average molecular weight is 234 g/mol. The number of aryl methyl sites for hydroxylation is 2. The van der Waals surface area contributed by atoms with Crippen LogP contribution in [0.4, 0.5) is 5.69 Å². The van der Waals surface area contributed by atoms with Gasteiger partial charge in [0.1, 0.15) is 0 Å². The second-order valence-corrected chi connectivity index (χ2v) is 4.96. The van der Waals surface area contributed by atoms with E-state index in [1.165, 1.54) is 5.56 Å². The van der Waals surface area contributed by atoms with Gasteiger partial charge in [-0.05, 0) is 31.4 Å². The molecule has 0 aliphatic carbocycles. The lowest BCUT2D eigenvalue weighted by Crippen LogP contribution is -2.45. The van der Waals surface area contributed by atoms with Crippen molar-refractivity contribution in [2.24, 2.45) is 11.7 Å². The van der Waals surface area contributed by atoms with Crippen LogP contribution in [0.15, 0.2) is 18.2 Å². The van der Waals surface area contributed by atoms with Crippen molar-refractivity contribution in [1.29, 1.82) is 0 Å². The van der Waals surface area contributed by atoms with E-state index in [-0.39, 0.29) is 11.8 Å². The van der Waals surface area contributed by atoms with Gasteiger partial charge in [-0.2, -0.15) is 0 Å². The zero-order valence-corrected chi connectivity index (χ0v) is 11.3. The summed E-state index contributed by atoms with van der Waals surface area (Å²) in [5, 5.41) is 0. The highest BCUT2D eigenvalue weighted by atomic mass is 16.2. The summed E-state index contributed by atoms with van der Waals surface area (Å²) >= 11 is 0. The number of hydrogen-bond donors (Lipinski definition) is 1. The van der Waals surface area contributed by atoms with Crippen molar-refractivity contribution in [2.75, 3.05) is 11.9 Å². The summed E-state index contributed by atoms with van der Waals surface area (Å²) in [7, 11) is 1.78. The van der Waals surface area contributed by atoms with Crippen LogP contribution in [0.3, 0.4) is 0 Å². The minimum absolute atomic E-state index is 0.0352. The van der Waals surface area contributed by atoms with Crippen LogP contribution in [-0.2, 0) is 4.79 Å². The van der Waals surface area contributed by atoms with Gasteiger partial charge in [-0.1, -0.05) is 31.5 Å². The quantitative estimate of drug-likeness (QED) is 0.872. The molecule has 2 N–H and O–H groups in total. The van der Waals surface area contributed by atoms with Crippen LogP contribution in [-0.4, -0.2) is 19.0 Å². The third-order valence-electron chi connectivity index (χ3n) is 3.05. The highest BCUT2D eigenvalue weighted by Crippen LogP contribution is 2.21. The molecule has 0 heterocycles. The molecule has 0 saturated heterocycles. The molecule has 0 aromatic heterocycles. The van der Waals surface area contributed by atoms with Gasteiger partial charge in [0.2, 0.25) is 5.91 Å². The lowest BCUT2D eigenvalue weighted by molar-refractivity contribution is -0.120. The van der Waals surface area contributed by atoms with E-state index in [0.29, 0.717) is 0 Å². The molecule has 1 aromatic rings. The molecule has 3 heteroatoms. The molecular formula is C14H22N2O. The molecule has 17 heavy (non-hydrogen) atoms. The fraction of sp³-hybridized carbons (Fsp3) is 0.500. The van der Waals surface area contributed by atoms with Gasteiger partial charge in [-0.15, -0.1) is 0 Å². The average Bonchev–Trinajstić information content (AvgIpc) is 2.26. The van der Waals surface area contributed by atoms with E-state index in [4.69, 9.17) is 5.73 Å². The van der Waals surface area contributed by atoms with Crippen LogP contribution >= 0.6 is 0 Å². The molecule has 1 amide bonds. The Hall–Kier alpha value is -1.35. The van der Waals surface area contributed by atoms with E-state index in [2.05, 4.69) is 6.07 Å². The summed E-state index contributed by atoms with van der Waals surface area (Å²) in [5.41, 5.74) is 9.10. The van der Waals surface area contributed by atoms with E-state index >= 15 is 0 Å². The molecule has 0 radical (unpaired) electrons. The maximum absolute atomic E-state index is 12.1. The number of carbonyl (C=O) groups is 1. The lowest BCUT2D eigenvalue weighted by atomic mass is 10.0. The van der Waals surface area contributed by atoms with Crippen LogP contribution in [0, 0.1) is 19.8 Å².